The Kier molecular flexibility index (Phi) is 6.72. The lowest BCUT2D eigenvalue weighted by Crippen LogP contribution is -2.44. The van der Waals surface area contributed by atoms with Gasteiger partial charge in [0.05, 0.1) is 27.9 Å². The number of aromatic nitrogens is 1. The summed E-state index contributed by atoms with van der Waals surface area (Å²) >= 11 is 6.62. The minimum absolute atomic E-state index is 0.664. The molecule has 168 valence electrons. The number of rotatable bonds is 6. The van der Waals surface area contributed by atoms with Crippen LogP contribution in [-0.2, 0) is 0 Å². The molecule has 2 aromatic carbocycles. The molecule has 3 aromatic rings. The first-order valence-electron chi connectivity index (χ1n) is 11.4. The van der Waals surface area contributed by atoms with E-state index in [0.29, 0.717) is 10.6 Å². The third-order valence-electron chi connectivity index (χ3n) is 6.38. The molecule has 4 rings (SSSR count). The van der Waals surface area contributed by atoms with E-state index in [2.05, 4.69) is 48.1 Å². The Hall–Kier alpha value is -3.29. The van der Waals surface area contributed by atoms with E-state index in [-0.39, 0.29) is 0 Å². The standard InChI is InChI=1S/C28H29ClN4/c1-5-6-20(3)32-11-13-33(14-12-32)21(4)22-9-10-25-26(29)17-27(31-28(25)16-22)23-7-8-24(18-30)19(2)15-23/h7-10,15-17H,3-6,11-14H2,1-2H3. The van der Waals surface area contributed by atoms with E-state index in [4.69, 9.17) is 16.6 Å². The molecule has 1 aliphatic rings. The van der Waals surface area contributed by atoms with Crippen LogP contribution in [0, 0.1) is 18.3 Å². The number of aryl methyl sites for hydroxylation is 1. The highest BCUT2D eigenvalue weighted by molar-refractivity contribution is 6.35. The molecule has 4 nitrogen and oxygen atoms in total. The smallest absolute Gasteiger partial charge is 0.0994 e. The zero-order valence-corrected chi connectivity index (χ0v) is 20.1. The Bertz CT molecular complexity index is 1260. The van der Waals surface area contributed by atoms with E-state index in [9.17, 15) is 5.26 Å². The number of fused-ring (bicyclic) bond motifs is 1. The summed E-state index contributed by atoms with van der Waals surface area (Å²) in [5.41, 5.74) is 7.48. The number of pyridine rings is 1. The molecule has 1 fully saturated rings. The van der Waals surface area contributed by atoms with Crippen LogP contribution in [0.15, 0.2) is 61.3 Å². The van der Waals surface area contributed by atoms with Crippen LogP contribution < -0.4 is 0 Å². The predicted octanol–water partition coefficient (Wildman–Crippen LogP) is 6.64. The van der Waals surface area contributed by atoms with Crippen molar-refractivity contribution in [1.82, 2.24) is 14.8 Å². The van der Waals surface area contributed by atoms with Crippen LogP contribution in [0.2, 0.25) is 5.02 Å². The number of nitrogens with zero attached hydrogens (tertiary/aromatic N) is 4. The molecule has 0 unspecified atom stereocenters. The number of benzene rings is 2. The Morgan fingerprint density at radius 2 is 1.79 bits per heavy atom. The topological polar surface area (TPSA) is 43.2 Å². The van der Waals surface area contributed by atoms with Crippen LogP contribution in [0.5, 0.6) is 0 Å². The van der Waals surface area contributed by atoms with Gasteiger partial charge in [-0.1, -0.05) is 56.3 Å². The van der Waals surface area contributed by atoms with Gasteiger partial charge in [-0.15, -0.1) is 0 Å². The number of hydrogen-bond donors (Lipinski definition) is 0. The molecule has 0 spiro atoms. The monoisotopic (exact) mass is 456 g/mol. The third kappa shape index (κ3) is 4.74. The summed E-state index contributed by atoms with van der Waals surface area (Å²) in [6, 6.07) is 16.0. The van der Waals surface area contributed by atoms with E-state index < -0.39 is 0 Å². The van der Waals surface area contributed by atoms with Crippen LogP contribution in [0.1, 0.15) is 36.5 Å². The molecule has 1 aliphatic heterocycles. The van der Waals surface area contributed by atoms with Gasteiger partial charge in [0, 0.05) is 48.5 Å². The van der Waals surface area contributed by atoms with Crippen molar-refractivity contribution in [2.24, 2.45) is 0 Å². The normalized spacial score (nSPS) is 13.8. The molecule has 0 amide bonds. The second kappa shape index (κ2) is 9.68. The average molecular weight is 457 g/mol. The van der Waals surface area contributed by atoms with Crippen molar-refractivity contribution in [1.29, 1.82) is 5.26 Å². The van der Waals surface area contributed by atoms with E-state index in [0.717, 1.165) is 78.0 Å². The molecule has 1 saturated heterocycles. The first-order chi connectivity index (χ1) is 15.9. The van der Waals surface area contributed by atoms with Crippen LogP contribution in [0.4, 0.5) is 0 Å². The van der Waals surface area contributed by atoms with Gasteiger partial charge in [0.1, 0.15) is 0 Å². The van der Waals surface area contributed by atoms with Crippen molar-refractivity contribution < 1.29 is 0 Å². The fraction of sp³-hybridized carbons (Fsp3) is 0.286. The van der Waals surface area contributed by atoms with Gasteiger partial charge >= 0.3 is 0 Å². The average Bonchev–Trinajstić information content (AvgIpc) is 2.83. The Morgan fingerprint density at radius 3 is 2.45 bits per heavy atom. The summed E-state index contributed by atoms with van der Waals surface area (Å²) in [7, 11) is 0. The number of hydrogen-bond acceptors (Lipinski definition) is 4. The van der Waals surface area contributed by atoms with Gasteiger partial charge in [0.25, 0.3) is 0 Å². The quantitative estimate of drug-likeness (QED) is 0.417. The highest BCUT2D eigenvalue weighted by atomic mass is 35.5. The molecule has 2 heterocycles. The minimum Gasteiger partial charge on any atom is -0.372 e. The van der Waals surface area contributed by atoms with Crippen molar-refractivity contribution in [3.8, 4) is 17.3 Å². The van der Waals surface area contributed by atoms with Crippen molar-refractivity contribution in [2.75, 3.05) is 26.2 Å². The van der Waals surface area contributed by atoms with Gasteiger partial charge in [-0.05, 0) is 48.7 Å². The summed E-state index contributed by atoms with van der Waals surface area (Å²) in [6.45, 7) is 16.5. The van der Waals surface area contributed by atoms with Crippen LogP contribution >= 0.6 is 11.6 Å². The molecule has 0 N–H and O–H groups in total. The van der Waals surface area contributed by atoms with Crippen LogP contribution in [0.3, 0.4) is 0 Å². The summed E-state index contributed by atoms with van der Waals surface area (Å²) < 4.78 is 0. The lowest BCUT2D eigenvalue weighted by Gasteiger charge is -2.39. The van der Waals surface area contributed by atoms with Gasteiger partial charge < -0.3 is 9.80 Å². The van der Waals surface area contributed by atoms with Gasteiger partial charge in [0.2, 0.25) is 0 Å². The zero-order chi connectivity index (χ0) is 23.5. The molecule has 0 bridgehead atoms. The first kappa shape index (κ1) is 22.9. The highest BCUT2D eigenvalue weighted by Crippen LogP contribution is 2.31. The maximum atomic E-state index is 9.22. The molecule has 33 heavy (non-hydrogen) atoms. The summed E-state index contributed by atoms with van der Waals surface area (Å²) in [4.78, 5) is 9.63. The van der Waals surface area contributed by atoms with E-state index in [1.54, 1.807) is 0 Å². The molecule has 0 atom stereocenters. The van der Waals surface area contributed by atoms with Gasteiger partial charge in [-0.25, -0.2) is 4.98 Å². The maximum absolute atomic E-state index is 9.22. The van der Waals surface area contributed by atoms with Crippen LogP contribution in [-0.4, -0.2) is 41.0 Å². The predicted molar refractivity (Wildman–Crippen MR) is 138 cm³/mol. The Morgan fingerprint density at radius 1 is 1.06 bits per heavy atom. The van der Waals surface area contributed by atoms with Gasteiger partial charge in [-0.2, -0.15) is 5.26 Å². The summed E-state index contributed by atoms with van der Waals surface area (Å²) in [5, 5.41) is 10.8. The first-order valence-corrected chi connectivity index (χ1v) is 11.8. The Labute approximate surface area is 201 Å². The second-order valence-corrected chi connectivity index (χ2v) is 9.01. The maximum Gasteiger partial charge on any atom is 0.0994 e. The molecule has 0 saturated carbocycles. The van der Waals surface area contributed by atoms with E-state index >= 15 is 0 Å². The van der Waals surface area contributed by atoms with E-state index in [1.807, 2.05) is 37.3 Å². The zero-order valence-electron chi connectivity index (χ0n) is 19.4. The van der Waals surface area contributed by atoms with Crippen molar-refractivity contribution >= 4 is 28.2 Å². The third-order valence-corrected chi connectivity index (χ3v) is 6.70. The van der Waals surface area contributed by atoms with Crippen molar-refractivity contribution in [3.05, 3.63) is 83.0 Å². The lowest BCUT2D eigenvalue weighted by molar-refractivity contribution is 0.209. The van der Waals surface area contributed by atoms with Gasteiger partial charge in [-0.3, -0.25) is 0 Å². The lowest BCUT2D eigenvalue weighted by atomic mass is 10.0. The Balaban J connectivity index is 1.59. The summed E-state index contributed by atoms with van der Waals surface area (Å²) in [6.07, 6.45) is 2.18. The fourth-order valence-corrected chi connectivity index (χ4v) is 4.65. The minimum atomic E-state index is 0.664. The molecule has 5 heteroatoms. The van der Waals surface area contributed by atoms with Crippen LogP contribution in [0.25, 0.3) is 27.9 Å². The number of allylic oxidation sites excluding steroid dienone is 1. The molecule has 0 aliphatic carbocycles. The summed E-state index contributed by atoms with van der Waals surface area (Å²) in [5.74, 6) is 0. The van der Waals surface area contributed by atoms with E-state index in [1.165, 1.54) is 5.70 Å². The molecule has 0 radical (unpaired) electrons. The number of nitriles is 1. The van der Waals surface area contributed by atoms with Gasteiger partial charge in [0.15, 0.2) is 0 Å². The molecule has 1 aromatic heterocycles. The number of piperazine rings is 1. The highest BCUT2D eigenvalue weighted by Gasteiger charge is 2.20. The van der Waals surface area contributed by atoms with Crippen molar-refractivity contribution in [3.63, 3.8) is 0 Å². The molecular weight excluding hydrogens is 428 g/mol. The number of halogens is 1. The largest absolute Gasteiger partial charge is 0.372 e. The molecular formula is C28H29ClN4. The van der Waals surface area contributed by atoms with Crippen molar-refractivity contribution in [2.45, 2.75) is 26.7 Å². The fourth-order valence-electron chi connectivity index (χ4n) is 4.38. The SMILES string of the molecule is C=C(CCC)N1CCN(C(=C)c2ccc3c(Cl)cc(-c4ccc(C#N)c(C)c4)nc3c2)CC1. The second-order valence-electron chi connectivity index (χ2n) is 8.60.